The minimum atomic E-state index is -0.635. The summed E-state index contributed by atoms with van der Waals surface area (Å²) in [5.74, 6) is -1.21. The molecule has 0 radical (unpaired) electrons. The molecule has 0 saturated heterocycles. The summed E-state index contributed by atoms with van der Waals surface area (Å²) in [7, 11) is 0. The monoisotopic (exact) mass is 268 g/mol. The Morgan fingerprint density at radius 1 is 1.56 bits per heavy atom. The first kappa shape index (κ1) is 12.6. The third-order valence-electron chi connectivity index (χ3n) is 2.46. The standard InChI is InChI=1S/C12H10ClFN2O2/c1-2-18-12(17)6-5-16-11-7(13)3-4-8(14)9(11)10(6)15/h3-5H,2H2,1H3,(H2,15,16). The van der Waals surface area contributed by atoms with Crippen LogP contribution in [0, 0.1) is 5.82 Å². The van der Waals surface area contributed by atoms with Crippen molar-refractivity contribution in [2.45, 2.75) is 6.92 Å². The topological polar surface area (TPSA) is 65.2 Å². The number of nitrogens with two attached hydrogens (primary N) is 1. The predicted octanol–water partition coefficient (Wildman–Crippen LogP) is 2.79. The number of halogens is 2. The Balaban J connectivity index is 2.71. The van der Waals surface area contributed by atoms with Crippen LogP contribution in [0.25, 0.3) is 10.9 Å². The number of benzene rings is 1. The maximum Gasteiger partial charge on any atom is 0.341 e. The molecule has 0 aliphatic carbocycles. The number of rotatable bonds is 2. The summed E-state index contributed by atoms with van der Waals surface area (Å²) in [5, 5.41) is 0.307. The average molecular weight is 269 g/mol. The van der Waals surface area contributed by atoms with Gasteiger partial charge < -0.3 is 10.5 Å². The van der Waals surface area contributed by atoms with E-state index in [9.17, 15) is 9.18 Å². The Labute approximate surface area is 108 Å². The molecule has 6 heteroatoms. The molecule has 94 valence electrons. The lowest BCUT2D eigenvalue weighted by Gasteiger charge is -2.09. The highest BCUT2D eigenvalue weighted by Crippen LogP contribution is 2.30. The summed E-state index contributed by atoms with van der Waals surface area (Å²) >= 11 is 5.89. The number of hydrogen-bond acceptors (Lipinski definition) is 4. The van der Waals surface area contributed by atoms with Gasteiger partial charge in [-0.1, -0.05) is 11.6 Å². The van der Waals surface area contributed by atoms with Gasteiger partial charge in [0.1, 0.15) is 11.4 Å². The number of nitrogen functional groups attached to an aromatic ring is 1. The number of fused-ring (bicyclic) bond motifs is 1. The van der Waals surface area contributed by atoms with Crippen molar-refractivity contribution in [3.05, 3.63) is 34.7 Å². The summed E-state index contributed by atoms with van der Waals surface area (Å²) in [5.41, 5.74) is 6.02. The maximum absolute atomic E-state index is 13.7. The van der Waals surface area contributed by atoms with Crippen molar-refractivity contribution in [2.24, 2.45) is 0 Å². The van der Waals surface area contributed by atoms with E-state index in [1.165, 1.54) is 18.3 Å². The van der Waals surface area contributed by atoms with E-state index in [2.05, 4.69) is 4.98 Å². The van der Waals surface area contributed by atoms with E-state index in [1.54, 1.807) is 6.92 Å². The lowest BCUT2D eigenvalue weighted by atomic mass is 10.1. The van der Waals surface area contributed by atoms with Gasteiger partial charge in [0.15, 0.2) is 0 Å². The molecule has 2 aromatic rings. The van der Waals surface area contributed by atoms with Crippen LogP contribution in [0.1, 0.15) is 17.3 Å². The van der Waals surface area contributed by atoms with Crippen molar-refractivity contribution < 1.29 is 13.9 Å². The zero-order valence-electron chi connectivity index (χ0n) is 9.54. The highest BCUT2D eigenvalue weighted by molar-refractivity contribution is 6.35. The third kappa shape index (κ3) is 1.97. The van der Waals surface area contributed by atoms with Gasteiger partial charge in [-0.2, -0.15) is 0 Å². The quantitative estimate of drug-likeness (QED) is 0.851. The number of carbonyl (C=O) groups excluding carboxylic acids is 1. The molecule has 1 aromatic heterocycles. The first-order valence-electron chi connectivity index (χ1n) is 5.25. The lowest BCUT2D eigenvalue weighted by Crippen LogP contribution is -2.09. The van der Waals surface area contributed by atoms with Crippen LogP contribution in [0.15, 0.2) is 18.3 Å². The van der Waals surface area contributed by atoms with Crippen LogP contribution in [-0.4, -0.2) is 17.6 Å². The van der Waals surface area contributed by atoms with Gasteiger partial charge in [0.05, 0.1) is 28.2 Å². The van der Waals surface area contributed by atoms with Gasteiger partial charge in [0, 0.05) is 6.20 Å². The SMILES string of the molecule is CCOC(=O)c1cnc2c(Cl)ccc(F)c2c1N. The van der Waals surface area contributed by atoms with Crippen LogP contribution in [-0.2, 0) is 4.74 Å². The molecule has 0 atom stereocenters. The minimum Gasteiger partial charge on any atom is -0.462 e. The Bertz CT molecular complexity index is 631. The summed E-state index contributed by atoms with van der Waals surface area (Å²) in [6.07, 6.45) is 1.24. The van der Waals surface area contributed by atoms with Crippen molar-refractivity contribution in [3.8, 4) is 0 Å². The van der Waals surface area contributed by atoms with Crippen LogP contribution < -0.4 is 5.73 Å². The molecule has 0 aliphatic heterocycles. The molecule has 4 nitrogen and oxygen atoms in total. The largest absolute Gasteiger partial charge is 0.462 e. The number of pyridine rings is 1. The molecular formula is C12H10ClFN2O2. The van der Waals surface area contributed by atoms with Gasteiger partial charge in [-0.15, -0.1) is 0 Å². The fraction of sp³-hybridized carbons (Fsp3) is 0.167. The third-order valence-corrected chi connectivity index (χ3v) is 2.76. The lowest BCUT2D eigenvalue weighted by molar-refractivity contribution is 0.0527. The number of aromatic nitrogens is 1. The molecule has 0 amide bonds. The van der Waals surface area contributed by atoms with Gasteiger partial charge in [-0.25, -0.2) is 9.18 Å². The van der Waals surface area contributed by atoms with E-state index in [4.69, 9.17) is 22.1 Å². The number of anilines is 1. The highest BCUT2D eigenvalue weighted by atomic mass is 35.5. The summed E-state index contributed by atoms with van der Waals surface area (Å²) in [6.45, 7) is 1.87. The zero-order chi connectivity index (χ0) is 13.3. The fourth-order valence-corrected chi connectivity index (χ4v) is 1.83. The van der Waals surface area contributed by atoms with Crippen molar-refractivity contribution in [1.29, 1.82) is 0 Å². The van der Waals surface area contributed by atoms with E-state index in [-0.39, 0.29) is 33.8 Å². The van der Waals surface area contributed by atoms with Crippen LogP contribution in [0.4, 0.5) is 10.1 Å². The molecule has 1 heterocycles. The molecule has 0 aliphatic rings. The van der Waals surface area contributed by atoms with Crippen LogP contribution >= 0.6 is 11.6 Å². The van der Waals surface area contributed by atoms with E-state index < -0.39 is 11.8 Å². The van der Waals surface area contributed by atoms with Crippen molar-refractivity contribution >= 4 is 34.2 Å². The molecular weight excluding hydrogens is 259 g/mol. The summed E-state index contributed by atoms with van der Waals surface area (Å²) in [6, 6.07) is 2.56. The molecule has 2 rings (SSSR count). The van der Waals surface area contributed by atoms with Crippen molar-refractivity contribution in [2.75, 3.05) is 12.3 Å². The molecule has 2 N–H and O–H groups in total. The molecule has 1 aromatic carbocycles. The molecule has 0 fully saturated rings. The molecule has 0 spiro atoms. The average Bonchev–Trinajstić information content (AvgIpc) is 2.34. The Morgan fingerprint density at radius 2 is 2.28 bits per heavy atom. The number of ether oxygens (including phenoxy) is 1. The molecule has 0 unspecified atom stereocenters. The van der Waals surface area contributed by atoms with Crippen LogP contribution in [0.2, 0.25) is 5.02 Å². The van der Waals surface area contributed by atoms with Gasteiger partial charge in [0.25, 0.3) is 0 Å². The highest BCUT2D eigenvalue weighted by Gasteiger charge is 2.17. The first-order chi connectivity index (χ1) is 8.56. The van der Waals surface area contributed by atoms with E-state index in [0.717, 1.165) is 0 Å². The van der Waals surface area contributed by atoms with Crippen molar-refractivity contribution in [3.63, 3.8) is 0 Å². The molecule has 0 bridgehead atoms. The molecule has 0 saturated carbocycles. The number of carbonyl (C=O) groups is 1. The number of esters is 1. The van der Waals surface area contributed by atoms with E-state index in [0.29, 0.717) is 0 Å². The van der Waals surface area contributed by atoms with E-state index >= 15 is 0 Å². The second-order valence-corrected chi connectivity index (χ2v) is 3.97. The second-order valence-electron chi connectivity index (χ2n) is 3.56. The van der Waals surface area contributed by atoms with Crippen LogP contribution in [0.5, 0.6) is 0 Å². The Hall–Kier alpha value is -1.88. The second kappa shape index (κ2) is 4.78. The zero-order valence-corrected chi connectivity index (χ0v) is 10.3. The van der Waals surface area contributed by atoms with Gasteiger partial charge in [-0.05, 0) is 19.1 Å². The smallest absolute Gasteiger partial charge is 0.341 e. The Morgan fingerprint density at radius 3 is 2.94 bits per heavy atom. The van der Waals surface area contributed by atoms with Crippen molar-refractivity contribution in [1.82, 2.24) is 4.98 Å². The number of hydrogen-bond donors (Lipinski definition) is 1. The fourth-order valence-electron chi connectivity index (χ4n) is 1.63. The first-order valence-corrected chi connectivity index (χ1v) is 5.63. The summed E-state index contributed by atoms with van der Waals surface area (Å²) in [4.78, 5) is 15.6. The molecule has 18 heavy (non-hydrogen) atoms. The van der Waals surface area contributed by atoms with Gasteiger partial charge in [-0.3, -0.25) is 4.98 Å². The predicted molar refractivity (Wildman–Crippen MR) is 67.1 cm³/mol. The van der Waals surface area contributed by atoms with E-state index in [1.807, 2.05) is 0 Å². The van der Waals surface area contributed by atoms with Gasteiger partial charge >= 0.3 is 5.97 Å². The summed E-state index contributed by atoms with van der Waals surface area (Å²) < 4.78 is 18.5. The number of nitrogens with zero attached hydrogens (tertiary/aromatic N) is 1. The van der Waals surface area contributed by atoms with Gasteiger partial charge in [0.2, 0.25) is 0 Å². The minimum absolute atomic E-state index is 0.0153. The van der Waals surface area contributed by atoms with Crippen LogP contribution in [0.3, 0.4) is 0 Å². The Kier molecular flexibility index (Phi) is 3.34. The maximum atomic E-state index is 13.7. The normalized spacial score (nSPS) is 10.6.